The van der Waals surface area contributed by atoms with Gasteiger partial charge in [-0.05, 0) is 54.8 Å². The molecule has 2 saturated heterocycles. The molecule has 3 amide bonds. The van der Waals surface area contributed by atoms with Crippen LogP contribution in [0.5, 0.6) is 0 Å². The predicted octanol–water partition coefficient (Wildman–Crippen LogP) is 3.56. The molecule has 2 unspecified atom stereocenters. The Balaban J connectivity index is 1.61. The van der Waals surface area contributed by atoms with Crippen molar-refractivity contribution in [3.63, 3.8) is 0 Å². The molecule has 0 aliphatic carbocycles. The Morgan fingerprint density at radius 3 is 2.36 bits per heavy atom. The predicted molar refractivity (Wildman–Crippen MR) is 104 cm³/mol. The van der Waals surface area contributed by atoms with Crippen molar-refractivity contribution in [2.24, 2.45) is 0 Å². The fraction of sp³-hybridized carbons (Fsp3) is 0.333. The largest absolute Gasteiger partial charge is 0.327 e. The average molecular weight is 402 g/mol. The number of rotatable bonds is 4. The molecule has 5 nitrogen and oxygen atoms in total. The van der Waals surface area contributed by atoms with E-state index in [0.717, 1.165) is 30.5 Å². The second-order valence-corrected chi connectivity index (χ2v) is 7.67. The van der Waals surface area contributed by atoms with Crippen LogP contribution in [0.2, 0.25) is 5.02 Å². The Morgan fingerprint density at radius 1 is 1.00 bits per heavy atom. The lowest BCUT2D eigenvalue weighted by molar-refractivity contribution is -0.137. The third-order valence-corrected chi connectivity index (χ3v) is 5.61. The molecule has 2 fully saturated rings. The third-order valence-electron chi connectivity index (χ3n) is 5.35. The zero-order chi connectivity index (χ0) is 19.7. The first-order valence-electron chi connectivity index (χ1n) is 9.37. The number of urea groups is 1. The minimum Gasteiger partial charge on any atom is -0.315 e. The number of hydrogen-bond acceptors (Lipinski definition) is 3. The summed E-state index contributed by atoms with van der Waals surface area (Å²) in [6.07, 6.45) is 1.67. The summed E-state index contributed by atoms with van der Waals surface area (Å²) < 4.78 is 13.2. The lowest BCUT2D eigenvalue weighted by Crippen LogP contribution is -2.68. The number of piperidine rings is 1. The fourth-order valence-electron chi connectivity index (χ4n) is 3.91. The van der Waals surface area contributed by atoms with Gasteiger partial charge in [-0.15, -0.1) is 0 Å². The smallest absolute Gasteiger partial charge is 0.315 e. The number of carbonyl (C=O) groups excluding carboxylic acids is 2. The van der Waals surface area contributed by atoms with Gasteiger partial charge in [0.15, 0.2) is 0 Å². The Bertz CT molecular complexity index is 872. The van der Waals surface area contributed by atoms with E-state index >= 15 is 0 Å². The first-order chi connectivity index (χ1) is 13.5. The molecule has 2 aromatic carbocycles. The van der Waals surface area contributed by atoms with E-state index in [9.17, 15) is 14.0 Å². The first kappa shape index (κ1) is 18.9. The molecular weight excluding hydrogens is 381 g/mol. The lowest BCUT2D eigenvalue weighted by Gasteiger charge is -2.47. The minimum atomic E-state index is -0.417. The van der Waals surface area contributed by atoms with E-state index in [1.165, 1.54) is 17.0 Å². The van der Waals surface area contributed by atoms with Gasteiger partial charge in [0, 0.05) is 11.6 Å². The molecule has 2 aliphatic rings. The van der Waals surface area contributed by atoms with Crippen molar-refractivity contribution in [3.05, 3.63) is 70.5 Å². The monoisotopic (exact) mass is 401 g/mol. The van der Waals surface area contributed by atoms with Gasteiger partial charge in [-0.2, -0.15) is 0 Å². The van der Waals surface area contributed by atoms with E-state index in [2.05, 4.69) is 5.32 Å². The molecule has 2 heterocycles. The molecule has 0 saturated carbocycles. The maximum absolute atomic E-state index is 13.2. The number of nitrogens with one attached hydrogen (secondary N) is 1. The van der Waals surface area contributed by atoms with E-state index < -0.39 is 6.04 Å². The molecule has 0 bridgehead atoms. The summed E-state index contributed by atoms with van der Waals surface area (Å²) in [5, 5.41) is 3.88. The van der Waals surface area contributed by atoms with Crippen molar-refractivity contribution < 1.29 is 14.0 Å². The Kier molecular flexibility index (Phi) is 5.33. The second-order valence-electron chi connectivity index (χ2n) is 7.23. The maximum atomic E-state index is 13.2. The van der Waals surface area contributed by atoms with Gasteiger partial charge in [0.1, 0.15) is 11.9 Å². The Hall–Kier alpha value is -2.44. The third kappa shape index (κ3) is 3.75. The first-order valence-corrected chi connectivity index (χ1v) is 9.75. The summed E-state index contributed by atoms with van der Waals surface area (Å²) in [6, 6.07) is 12.3. The van der Waals surface area contributed by atoms with Crippen LogP contribution < -0.4 is 5.32 Å². The van der Waals surface area contributed by atoms with Crippen LogP contribution in [0, 0.1) is 5.82 Å². The number of imide groups is 1. The highest BCUT2D eigenvalue weighted by atomic mass is 35.5. The number of fused-ring (bicyclic) bond motifs is 1. The van der Waals surface area contributed by atoms with E-state index in [4.69, 9.17) is 11.6 Å². The number of halogens is 2. The van der Waals surface area contributed by atoms with Crippen LogP contribution >= 0.6 is 11.6 Å². The van der Waals surface area contributed by atoms with Gasteiger partial charge in [0.05, 0.1) is 12.6 Å². The molecule has 0 aromatic heterocycles. The average Bonchev–Trinajstić information content (AvgIpc) is 2.71. The minimum absolute atomic E-state index is 0.194. The summed E-state index contributed by atoms with van der Waals surface area (Å²) in [5.74, 6) is -0.509. The number of hydrogen-bond donors (Lipinski definition) is 1. The lowest BCUT2D eigenvalue weighted by atomic mass is 9.93. The van der Waals surface area contributed by atoms with E-state index in [0.29, 0.717) is 11.6 Å². The summed E-state index contributed by atoms with van der Waals surface area (Å²) in [4.78, 5) is 29.3. The highest BCUT2D eigenvalue weighted by Crippen LogP contribution is 2.27. The molecule has 2 atom stereocenters. The van der Waals surface area contributed by atoms with Crippen LogP contribution in [-0.2, 0) is 17.9 Å². The highest BCUT2D eigenvalue weighted by molar-refractivity contribution is 6.30. The van der Waals surface area contributed by atoms with Crippen molar-refractivity contribution in [1.82, 2.24) is 15.1 Å². The summed E-state index contributed by atoms with van der Waals surface area (Å²) in [6.45, 7) is 1.28. The van der Waals surface area contributed by atoms with Crippen molar-refractivity contribution >= 4 is 23.5 Å². The number of nitrogens with zero attached hydrogens (tertiary/aromatic N) is 2. The van der Waals surface area contributed by atoms with Crippen molar-refractivity contribution in [2.45, 2.75) is 38.0 Å². The molecule has 2 aromatic rings. The van der Waals surface area contributed by atoms with Gasteiger partial charge < -0.3 is 10.2 Å². The van der Waals surface area contributed by atoms with Crippen LogP contribution in [0.1, 0.15) is 24.0 Å². The van der Waals surface area contributed by atoms with Gasteiger partial charge in [-0.1, -0.05) is 35.9 Å². The number of benzene rings is 2. The van der Waals surface area contributed by atoms with Crippen LogP contribution in [0.3, 0.4) is 0 Å². The van der Waals surface area contributed by atoms with Gasteiger partial charge in [-0.25, -0.2) is 9.18 Å². The molecule has 0 radical (unpaired) electrons. The van der Waals surface area contributed by atoms with Gasteiger partial charge >= 0.3 is 6.03 Å². The molecule has 146 valence electrons. The van der Waals surface area contributed by atoms with Crippen molar-refractivity contribution in [3.8, 4) is 0 Å². The van der Waals surface area contributed by atoms with Gasteiger partial charge in [0.2, 0.25) is 5.91 Å². The normalized spacial score (nSPS) is 22.4. The van der Waals surface area contributed by atoms with E-state index in [1.54, 1.807) is 29.2 Å². The zero-order valence-electron chi connectivity index (χ0n) is 15.3. The quantitative estimate of drug-likeness (QED) is 0.852. The van der Waals surface area contributed by atoms with Gasteiger partial charge in [-0.3, -0.25) is 9.69 Å². The van der Waals surface area contributed by atoms with Crippen LogP contribution in [0.15, 0.2) is 48.5 Å². The molecule has 7 heteroatoms. The molecule has 4 rings (SSSR count). The number of carbonyl (C=O) groups is 2. The topological polar surface area (TPSA) is 52.7 Å². The summed E-state index contributed by atoms with van der Waals surface area (Å²) in [5.41, 5.74) is 1.67. The Labute approximate surface area is 168 Å². The summed E-state index contributed by atoms with van der Waals surface area (Å²) >= 11 is 5.94. The molecule has 1 N–H and O–H groups in total. The van der Waals surface area contributed by atoms with Crippen LogP contribution in [-0.4, -0.2) is 40.4 Å². The summed E-state index contributed by atoms with van der Waals surface area (Å²) in [7, 11) is 0. The van der Waals surface area contributed by atoms with Crippen LogP contribution in [0.4, 0.5) is 9.18 Å². The highest BCUT2D eigenvalue weighted by Gasteiger charge is 2.46. The molecule has 28 heavy (non-hydrogen) atoms. The maximum Gasteiger partial charge on any atom is 0.327 e. The molecular formula is C21H21ClFN3O2. The second kappa shape index (κ2) is 7.89. The zero-order valence-corrected chi connectivity index (χ0v) is 16.0. The van der Waals surface area contributed by atoms with Crippen molar-refractivity contribution in [1.29, 1.82) is 0 Å². The fourth-order valence-corrected chi connectivity index (χ4v) is 4.03. The van der Waals surface area contributed by atoms with E-state index in [-0.39, 0.29) is 30.3 Å². The van der Waals surface area contributed by atoms with Crippen LogP contribution in [0.25, 0.3) is 0 Å². The Morgan fingerprint density at radius 2 is 1.64 bits per heavy atom. The molecule has 0 spiro atoms. The number of amides is 3. The standard InChI is InChI=1S/C21H21ClFN3O2/c22-16-7-3-14(4-8-16)13-26-20(27)19-18(2-1-11-24-19)25(21(26)28)12-15-5-9-17(23)10-6-15/h3-10,18-19,24H,1-2,11-13H2. The SMILES string of the molecule is O=C1C2NCCCC2N(Cc2ccc(F)cc2)C(=O)N1Cc1ccc(Cl)cc1. The van der Waals surface area contributed by atoms with E-state index in [1.807, 2.05) is 12.1 Å². The molecule has 2 aliphatic heterocycles. The van der Waals surface area contributed by atoms with Gasteiger partial charge in [0.25, 0.3) is 0 Å². The van der Waals surface area contributed by atoms with Crippen molar-refractivity contribution in [2.75, 3.05) is 6.54 Å².